The first-order valence-electron chi connectivity index (χ1n) is 7.04. The summed E-state index contributed by atoms with van der Waals surface area (Å²) >= 11 is 10.1. The SMILES string of the molecule is [2H]c1c(Br)c([2H])c2c(sc3c([2H])c(Cl)c([2H])c([2H])c32)c1[2H]. The molecule has 0 spiro atoms. The van der Waals surface area contributed by atoms with Gasteiger partial charge in [0.25, 0.3) is 0 Å². The summed E-state index contributed by atoms with van der Waals surface area (Å²) in [5, 5.41) is 0.502. The molecule has 0 atom stereocenters. The van der Waals surface area contributed by atoms with Crippen molar-refractivity contribution in [1.29, 1.82) is 0 Å². The van der Waals surface area contributed by atoms with Crippen LogP contribution in [-0.4, -0.2) is 0 Å². The Hall–Kier alpha value is -0.570. The third-order valence-electron chi connectivity index (χ3n) is 1.95. The predicted octanol–water partition coefficient (Wildman–Crippen LogP) is 5.47. The minimum Gasteiger partial charge on any atom is -0.135 e. The van der Waals surface area contributed by atoms with Crippen LogP contribution in [0, 0.1) is 0 Å². The van der Waals surface area contributed by atoms with E-state index >= 15 is 0 Å². The molecule has 0 radical (unpaired) electrons. The van der Waals surface area contributed by atoms with Gasteiger partial charge >= 0.3 is 0 Å². The van der Waals surface area contributed by atoms with Gasteiger partial charge in [-0.2, -0.15) is 0 Å². The molecule has 0 nitrogen and oxygen atoms in total. The second-order valence-electron chi connectivity index (χ2n) is 2.89. The van der Waals surface area contributed by atoms with Gasteiger partial charge < -0.3 is 0 Å². The Kier molecular flexibility index (Phi) is 1.20. The maximum atomic E-state index is 8.13. The van der Waals surface area contributed by atoms with Crippen LogP contribution in [0.25, 0.3) is 20.2 Å². The molecule has 0 saturated heterocycles. The first-order valence-corrected chi connectivity index (χ1v) is 6.02. The average Bonchev–Trinajstić information content (AvgIpc) is 2.87. The molecule has 0 saturated carbocycles. The maximum Gasteiger partial charge on any atom is 0.0654 e. The van der Waals surface area contributed by atoms with Gasteiger partial charge in [-0.25, -0.2) is 0 Å². The van der Waals surface area contributed by atoms with Gasteiger partial charge in [0.2, 0.25) is 0 Å². The van der Waals surface area contributed by atoms with Crippen LogP contribution in [0.2, 0.25) is 5.02 Å². The van der Waals surface area contributed by atoms with E-state index in [0.29, 0.717) is 14.8 Å². The number of halogens is 2. The van der Waals surface area contributed by atoms with Crippen molar-refractivity contribution in [3.05, 3.63) is 45.7 Å². The highest BCUT2D eigenvalue weighted by Crippen LogP contribution is 2.36. The zero-order chi connectivity index (χ0) is 15.6. The molecule has 74 valence electrons. The molecule has 0 fully saturated rings. The minimum atomic E-state index is -0.258. The second-order valence-corrected chi connectivity index (χ2v) is 5.08. The largest absolute Gasteiger partial charge is 0.135 e. The molecular weight excluding hydrogens is 292 g/mol. The van der Waals surface area contributed by atoms with E-state index in [4.69, 9.17) is 19.8 Å². The van der Waals surface area contributed by atoms with Crippen molar-refractivity contribution in [3.63, 3.8) is 0 Å². The molecule has 1 aromatic heterocycles. The van der Waals surface area contributed by atoms with Gasteiger partial charge in [0.15, 0.2) is 0 Å². The lowest BCUT2D eigenvalue weighted by Crippen LogP contribution is -1.67. The molecule has 0 unspecified atom stereocenters. The molecule has 3 aromatic rings. The molecule has 15 heavy (non-hydrogen) atoms. The summed E-state index contributed by atoms with van der Waals surface area (Å²) in [7, 11) is 0. The van der Waals surface area contributed by atoms with Crippen LogP contribution in [-0.2, 0) is 0 Å². The first-order chi connectivity index (χ1) is 9.77. The monoisotopic (exact) mass is 302 g/mol. The van der Waals surface area contributed by atoms with Gasteiger partial charge in [0.1, 0.15) is 0 Å². The molecule has 1 heterocycles. The fourth-order valence-corrected chi connectivity index (χ4v) is 2.81. The number of fused-ring (bicyclic) bond motifs is 3. The zero-order valence-corrected chi connectivity index (χ0v) is 10.3. The molecular formula is C12H6BrClS. The average molecular weight is 304 g/mol. The summed E-state index contributed by atoms with van der Waals surface area (Å²) in [5.41, 5.74) is 0. The van der Waals surface area contributed by atoms with E-state index in [1.165, 1.54) is 0 Å². The van der Waals surface area contributed by atoms with Crippen molar-refractivity contribution in [2.45, 2.75) is 0 Å². The molecule has 0 aliphatic carbocycles. The predicted molar refractivity (Wildman–Crippen MR) is 72.0 cm³/mol. The molecule has 0 aliphatic rings. The Morgan fingerprint density at radius 3 is 2.80 bits per heavy atom. The van der Waals surface area contributed by atoms with Crippen LogP contribution >= 0.6 is 38.9 Å². The highest BCUT2D eigenvalue weighted by Gasteiger charge is 2.05. The van der Waals surface area contributed by atoms with E-state index in [2.05, 4.69) is 15.9 Å². The van der Waals surface area contributed by atoms with E-state index in [1.54, 1.807) is 0 Å². The van der Waals surface area contributed by atoms with Crippen molar-refractivity contribution in [2.75, 3.05) is 0 Å². The lowest BCUT2D eigenvalue weighted by atomic mass is 10.1. The third-order valence-corrected chi connectivity index (χ3v) is 3.56. The molecule has 0 N–H and O–H groups in total. The number of hydrogen-bond acceptors (Lipinski definition) is 1. The first kappa shape index (κ1) is 5.17. The van der Waals surface area contributed by atoms with Gasteiger partial charge in [0, 0.05) is 29.7 Å². The van der Waals surface area contributed by atoms with E-state index < -0.39 is 0 Å². The van der Waals surface area contributed by atoms with Crippen molar-refractivity contribution in [3.8, 4) is 0 Å². The quantitative estimate of drug-likeness (QED) is 0.516. The Labute approximate surface area is 113 Å². The van der Waals surface area contributed by atoms with Gasteiger partial charge in [-0.3, -0.25) is 0 Å². The third kappa shape index (κ3) is 1.57. The van der Waals surface area contributed by atoms with Crippen LogP contribution in [0.5, 0.6) is 0 Å². The Morgan fingerprint density at radius 2 is 1.93 bits per heavy atom. The summed E-state index contributed by atoms with van der Waals surface area (Å²) in [4.78, 5) is 0. The van der Waals surface area contributed by atoms with Crippen LogP contribution in [0.3, 0.4) is 0 Å². The van der Waals surface area contributed by atoms with Crippen LogP contribution < -0.4 is 0 Å². The lowest BCUT2D eigenvalue weighted by Gasteiger charge is -1.93. The number of hydrogen-bond donors (Lipinski definition) is 0. The van der Waals surface area contributed by atoms with Crippen LogP contribution in [0.4, 0.5) is 0 Å². The highest BCUT2D eigenvalue weighted by molar-refractivity contribution is 9.10. The maximum absolute atomic E-state index is 8.13. The van der Waals surface area contributed by atoms with Gasteiger partial charge in [-0.15, -0.1) is 11.3 Å². The number of benzene rings is 2. The fourth-order valence-electron chi connectivity index (χ4n) is 1.35. The second kappa shape index (κ2) is 3.48. The summed E-state index contributed by atoms with van der Waals surface area (Å²) in [5.74, 6) is 0. The summed E-state index contributed by atoms with van der Waals surface area (Å²) in [6.07, 6.45) is 0. The van der Waals surface area contributed by atoms with Crippen LogP contribution in [0.15, 0.2) is 40.7 Å². The van der Waals surface area contributed by atoms with Gasteiger partial charge in [0.05, 0.1) is 8.22 Å². The molecule has 0 aliphatic heterocycles. The molecule has 0 bridgehead atoms. The van der Waals surface area contributed by atoms with E-state index in [9.17, 15) is 0 Å². The van der Waals surface area contributed by atoms with Crippen molar-refractivity contribution in [2.24, 2.45) is 0 Å². The van der Waals surface area contributed by atoms with Crippen molar-refractivity contribution >= 4 is 59.0 Å². The van der Waals surface area contributed by atoms with E-state index in [1.807, 2.05) is 0 Å². The summed E-state index contributed by atoms with van der Waals surface area (Å²) in [6.45, 7) is 0. The van der Waals surface area contributed by atoms with Gasteiger partial charge in [-0.05, 0) is 30.2 Å². The Balaban J connectivity index is 2.73. The number of thiophene rings is 1. The topological polar surface area (TPSA) is 0 Å². The summed E-state index contributed by atoms with van der Waals surface area (Å²) in [6, 6.07) is -0.660. The molecule has 0 amide bonds. The molecule has 3 heteroatoms. The van der Waals surface area contributed by atoms with E-state index in [0.717, 1.165) is 11.3 Å². The number of rotatable bonds is 0. The Bertz CT molecular complexity index is 861. The smallest absolute Gasteiger partial charge is 0.0654 e. The summed E-state index contributed by atoms with van der Waals surface area (Å²) < 4.78 is 48.8. The molecule has 2 aromatic carbocycles. The zero-order valence-electron chi connectivity index (χ0n) is 13.2. The lowest BCUT2D eigenvalue weighted by molar-refractivity contribution is 1.77. The van der Waals surface area contributed by atoms with Gasteiger partial charge in [-0.1, -0.05) is 33.6 Å². The van der Waals surface area contributed by atoms with Crippen molar-refractivity contribution < 1.29 is 8.22 Å². The highest BCUT2D eigenvalue weighted by atomic mass is 79.9. The van der Waals surface area contributed by atoms with E-state index in [-0.39, 0.29) is 51.1 Å². The fraction of sp³-hybridized carbons (Fsp3) is 0. The van der Waals surface area contributed by atoms with Crippen molar-refractivity contribution in [1.82, 2.24) is 0 Å². The Morgan fingerprint density at radius 1 is 1.07 bits per heavy atom. The minimum absolute atomic E-state index is 0.00753. The van der Waals surface area contributed by atoms with Crippen LogP contribution in [0.1, 0.15) is 8.22 Å². The normalized spacial score (nSPS) is 16.9. The standard InChI is InChI=1S/C12H6BrClS/c13-7-1-4-11-10(5-7)9-3-2-8(14)6-12(9)15-11/h1-6H/i1D,2D,3D,4D,5D,6D. The molecule has 3 rings (SSSR count).